The number of hydrogen-bond acceptors (Lipinski definition) is 7. The van der Waals surface area contributed by atoms with Crippen LogP contribution in [0.4, 0.5) is 5.69 Å². The van der Waals surface area contributed by atoms with E-state index in [1.165, 1.54) is 48.5 Å². The second-order valence-electron chi connectivity index (χ2n) is 12.4. The van der Waals surface area contributed by atoms with Gasteiger partial charge in [0.2, 0.25) is 11.8 Å². The van der Waals surface area contributed by atoms with Crippen molar-refractivity contribution in [3.05, 3.63) is 71.8 Å². The van der Waals surface area contributed by atoms with E-state index < -0.39 is 21.3 Å². The molecule has 0 aliphatic rings. The molecule has 0 spiro atoms. The van der Waals surface area contributed by atoms with Crippen LogP contribution < -0.4 is 15.8 Å². The number of esters is 1. The van der Waals surface area contributed by atoms with E-state index in [1.807, 2.05) is 67.0 Å². The normalized spacial score (nSPS) is 11.4. The van der Waals surface area contributed by atoms with E-state index in [2.05, 4.69) is 11.9 Å². The average Bonchev–Trinajstić information content (AvgIpc) is 3.00. The van der Waals surface area contributed by atoms with Crippen LogP contribution in [0.3, 0.4) is 0 Å². The van der Waals surface area contributed by atoms with Gasteiger partial charge in [-0.05, 0) is 81.6 Å². The van der Waals surface area contributed by atoms with E-state index in [0.29, 0.717) is 23.7 Å². The summed E-state index contributed by atoms with van der Waals surface area (Å²) < 4.78 is 31.6. The molecule has 0 saturated carbocycles. The number of carbonyl (C=O) groups is 4. The molecular formula is C34H50ClN3O7S. The average molecular weight is 680 g/mol. The van der Waals surface area contributed by atoms with Crippen LogP contribution in [0.1, 0.15) is 91.9 Å². The number of carbonyl (C=O) groups excluding carboxylic acids is 4. The Labute approximate surface area is 279 Å². The molecule has 2 aromatic rings. The highest BCUT2D eigenvalue weighted by Gasteiger charge is 2.27. The van der Waals surface area contributed by atoms with E-state index in [9.17, 15) is 27.6 Å². The highest BCUT2D eigenvalue weighted by atomic mass is 35.5. The maximum atomic E-state index is 12.4. The van der Waals surface area contributed by atoms with Gasteiger partial charge in [-0.25, -0.2) is 13.1 Å². The summed E-state index contributed by atoms with van der Waals surface area (Å²) in [6.45, 7) is 20.7. The third-order valence-corrected chi connectivity index (χ3v) is 9.17. The first-order valence-corrected chi connectivity index (χ1v) is 16.8. The minimum atomic E-state index is -4.04. The number of halogens is 1. The van der Waals surface area contributed by atoms with Crippen molar-refractivity contribution in [1.29, 1.82) is 0 Å². The number of benzene rings is 2. The number of nitrogens with two attached hydrogens (primary N) is 1. The molecule has 3 amide bonds. The smallest absolute Gasteiger partial charge is 0.311 e. The summed E-state index contributed by atoms with van der Waals surface area (Å²) in [6.07, 6.45) is 3.84. The lowest BCUT2D eigenvalue weighted by Gasteiger charge is -2.21. The van der Waals surface area contributed by atoms with Crippen LogP contribution in [-0.2, 0) is 29.1 Å². The Morgan fingerprint density at radius 1 is 0.826 bits per heavy atom. The molecule has 0 unspecified atom stereocenters. The van der Waals surface area contributed by atoms with Crippen molar-refractivity contribution < 1.29 is 32.3 Å². The van der Waals surface area contributed by atoms with Crippen molar-refractivity contribution in [1.82, 2.24) is 4.72 Å². The van der Waals surface area contributed by atoms with Crippen LogP contribution in [0.25, 0.3) is 0 Å². The maximum absolute atomic E-state index is 12.4. The molecule has 0 radical (unpaired) electrons. The Kier molecular flexibility index (Phi) is 17.0. The fourth-order valence-corrected chi connectivity index (χ4v) is 3.77. The largest absolute Gasteiger partial charge is 0.461 e. The fourth-order valence-electron chi connectivity index (χ4n) is 2.67. The lowest BCUT2D eigenvalue weighted by atomic mass is 9.89. The highest BCUT2D eigenvalue weighted by Crippen LogP contribution is 2.23. The lowest BCUT2D eigenvalue weighted by molar-refractivity contribution is -0.152. The molecular weight excluding hydrogens is 630 g/mol. The summed E-state index contributed by atoms with van der Waals surface area (Å²) in [5.74, 6) is -1.29. The van der Waals surface area contributed by atoms with E-state index in [4.69, 9.17) is 22.1 Å². The van der Waals surface area contributed by atoms with Gasteiger partial charge in [-0.1, -0.05) is 72.7 Å². The predicted octanol–water partition coefficient (Wildman–Crippen LogP) is 6.89. The van der Waals surface area contributed by atoms with Crippen LogP contribution in [0.2, 0.25) is 5.02 Å². The molecule has 2 aromatic carbocycles. The van der Waals surface area contributed by atoms with Crippen LogP contribution in [0.15, 0.2) is 66.1 Å². The van der Waals surface area contributed by atoms with Gasteiger partial charge in [0.1, 0.15) is 6.61 Å². The Balaban J connectivity index is 0.000000875. The van der Waals surface area contributed by atoms with Gasteiger partial charge in [-0.15, -0.1) is 0 Å². The fraction of sp³-hybridized carbons (Fsp3) is 0.471. The summed E-state index contributed by atoms with van der Waals surface area (Å²) in [7, 11) is -4.04. The van der Waals surface area contributed by atoms with Gasteiger partial charge < -0.3 is 15.8 Å². The van der Waals surface area contributed by atoms with Crippen molar-refractivity contribution in [3.8, 4) is 0 Å². The monoisotopic (exact) mass is 679 g/mol. The molecule has 0 aromatic heterocycles. The van der Waals surface area contributed by atoms with Crippen LogP contribution in [0.5, 0.6) is 0 Å². The molecule has 0 aliphatic carbocycles. The number of anilines is 1. The van der Waals surface area contributed by atoms with Crippen molar-refractivity contribution in [2.75, 3.05) is 11.9 Å². The predicted molar refractivity (Wildman–Crippen MR) is 184 cm³/mol. The van der Waals surface area contributed by atoms with Crippen molar-refractivity contribution in [2.45, 2.75) is 86.5 Å². The van der Waals surface area contributed by atoms with Gasteiger partial charge in [0.25, 0.3) is 15.9 Å². The van der Waals surface area contributed by atoms with Crippen molar-refractivity contribution >= 4 is 51.0 Å². The van der Waals surface area contributed by atoms with Crippen LogP contribution in [-0.4, -0.2) is 38.7 Å². The SMILES string of the molecule is C=CCOC(=O)C(C)(C)CC.CCC(C)(C)C(=O)Nc1ccc(S(=O)(=O)NC(=O)c2ccc(Cl)cc2)cc1.CCC(C)(C)C(N)=O. The molecule has 0 atom stereocenters. The van der Waals surface area contributed by atoms with E-state index >= 15 is 0 Å². The van der Waals surface area contributed by atoms with Gasteiger partial charge in [0.05, 0.1) is 10.3 Å². The lowest BCUT2D eigenvalue weighted by Crippen LogP contribution is -2.31. The first-order chi connectivity index (χ1) is 21.1. The second kappa shape index (κ2) is 18.4. The molecule has 0 aliphatic heterocycles. The zero-order valence-corrected chi connectivity index (χ0v) is 30.0. The first kappa shape index (κ1) is 42.3. The first-order valence-electron chi connectivity index (χ1n) is 14.9. The maximum Gasteiger partial charge on any atom is 0.311 e. The topological polar surface area (TPSA) is 162 Å². The van der Waals surface area contributed by atoms with Gasteiger partial charge in [0.15, 0.2) is 0 Å². The third-order valence-electron chi connectivity index (χ3n) is 7.57. The molecule has 0 saturated heterocycles. The van der Waals surface area contributed by atoms with Gasteiger partial charge in [-0.3, -0.25) is 19.2 Å². The Morgan fingerprint density at radius 3 is 1.70 bits per heavy atom. The third kappa shape index (κ3) is 14.2. The van der Waals surface area contributed by atoms with Gasteiger partial charge >= 0.3 is 5.97 Å². The Bertz CT molecular complexity index is 1430. The molecule has 12 heteroatoms. The Hall–Kier alpha value is -3.70. The number of amides is 3. The molecule has 10 nitrogen and oxygen atoms in total. The zero-order valence-electron chi connectivity index (χ0n) is 28.5. The number of nitrogens with one attached hydrogen (secondary N) is 2. The summed E-state index contributed by atoms with van der Waals surface area (Å²) in [5.41, 5.74) is 4.48. The van der Waals surface area contributed by atoms with Crippen molar-refractivity contribution in [2.24, 2.45) is 22.0 Å². The van der Waals surface area contributed by atoms with Gasteiger partial charge in [-0.2, -0.15) is 0 Å². The summed E-state index contributed by atoms with van der Waals surface area (Å²) in [5, 5.41) is 3.19. The summed E-state index contributed by atoms with van der Waals surface area (Å²) in [6, 6.07) is 11.5. The molecule has 4 N–H and O–H groups in total. The standard InChI is InChI=1S/C19H21ClN2O4S.C9H16O2.C6H13NO/c1-4-19(2,3)18(24)21-15-9-11-16(12-10-15)27(25,26)22-17(23)13-5-7-14(20)8-6-13;1-5-7-11-8(10)9(3,4)6-2;1-4-6(2,3)5(7)8/h5-12H,4H2,1-3H3,(H,21,24)(H,22,23);5H,1,6-7H2,2-4H3;4H2,1-3H3,(H2,7,8). The second-order valence-corrected chi connectivity index (χ2v) is 14.5. The quantitative estimate of drug-likeness (QED) is 0.162. The number of rotatable bonds is 12. The molecule has 0 fully saturated rings. The van der Waals surface area contributed by atoms with Crippen LogP contribution >= 0.6 is 11.6 Å². The molecule has 0 bridgehead atoms. The zero-order chi connectivity index (χ0) is 35.9. The molecule has 46 heavy (non-hydrogen) atoms. The molecule has 256 valence electrons. The summed E-state index contributed by atoms with van der Waals surface area (Å²) in [4.78, 5) is 45.9. The van der Waals surface area contributed by atoms with E-state index in [1.54, 1.807) is 6.08 Å². The molecule has 2 rings (SSSR count). The van der Waals surface area contributed by atoms with E-state index in [-0.39, 0.29) is 39.1 Å². The minimum absolute atomic E-state index is 0.0856. The number of hydrogen-bond donors (Lipinski definition) is 3. The van der Waals surface area contributed by atoms with Crippen molar-refractivity contribution in [3.63, 3.8) is 0 Å². The summed E-state index contributed by atoms with van der Waals surface area (Å²) >= 11 is 5.75. The molecule has 0 heterocycles. The number of ether oxygens (including phenoxy) is 1. The number of sulfonamides is 1. The van der Waals surface area contributed by atoms with Crippen LogP contribution in [0, 0.1) is 16.2 Å². The van der Waals surface area contributed by atoms with Gasteiger partial charge in [0, 0.05) is 27.1 Å². The minimum Gasteiger partial charge on any atom is -0.461 e. The number of primary amides is 1. The highest BCUT2D eigenvalue weighted by molar-refractivity contribution is 7.90. The van der Waals surface area contributed by atoms with E-state index in [0.717, 1.165) is 12.8 Å². The Morgan fingerprint density at radius 2 is 1.30 bits per heavy atom.